The summed E-state index contributed by atoms with van der Waals surface area (Å²) in [5.41, 5.74) is 2.11. The molecule has 0 saturated carbocycles. The van der Waals surface area contributed by atoms with Gasteiger partial charge in [0.1, 0.15) is 5.69 Å². The summed E-state index contributed by atoms with van der Waals surface area (Å²) in [6, 6.07) is 19.4. The monoisotopic (exact) mass is 330 g/mol. The van der Waals surface area contributed by atoms with Crippen LogP contribution in [-0.2, 0) is 7.05 Å². The smallest absolute Gasteiger partial charge is 0.279 e. The minimum atomic E-state index is -0.271. The molecule has 0 amide bonds. The zero-order valence-electron chi connectivity index (χ0n) is 13.5. The first-order chi connectivity index (χ1) is 12.1. The van der Waals surface area contributed by atoms with Gasteiger partial charge in [-0.3, -0.25) is 9.59 Å². The van der Waals surface area contributed by atoms with Gasteiger partial charge in [0, 0.05) is 13.1 Å². The maximum atomic E-state index is 12.7. The molecule has 0 N–H and O–H groups in total. The zero-order chi connectivity index (χ0) is 17.4. The van der Waals surface area contributed by atoms with E-state index in [0.717, 1.165) is 5.52 Å². The first kappa shape index (κ1) is 15.0. The quantitative estimate of drug-likeness (QED) is 0.565. The van der Waals surface area contributed by atoms with Crippen molar-refractivity contribution in [3.8, 4) is 17.1 Å². The molecule has 0 unspecified atom stereocenters. The van der Waals surface area contributed by atoms with Gasteiger partial charge in [-0.25, -0.2) is 4.98 Å². The summed E-state index contributed by atoms with van der Waals surface area (Å²) in [5.74, 6) is 0. The lowest BCUT2D eigenvalue weighted by molar-refractivity contribution is 0.805. The van der Waals surface area contributed by atoms with Gasteiger partial charge in [0.25, 0.3) is 11.1 Å². The van der Waals surface area contributed by atoms with Crippen molar-refractivity contribution in [2.24, 2.45) is 7.05 Å². The Bertz CT molecular complexity index is 1190. The van der Waals surface area contributed by atoms with E-state index in [1.807, 2.05) is 42.5 Å². The average molecular weight is 330 g/mol. The molecule has 0 aliphatic heterocycles. The Labute approximate surface area is 142 Å². The minimum Gasteiger partial charge on any atom is -0.308 e. The Morgan fingerprint density at radius 2 is 1.56 bits per heavy atom. The number of hydrogen-bond donors (Lipinski definition) is 0. The number of aromatic nitrogens is 4. The van der Waals surface area contributed by atoms with E-state index in [9.17, 15) is 9.59 Å². The summed E-state index contributed by atoms with van der Waals surface area (Å²) in [5, 5.41) is 4.35. The van der Waals surface area contributed by atoms with Gasteiger partial charge in [-0.2, -0.15) is 9.78 Å². The predicted molar refractivity (Wildman–Crippen MR) is 95.8 cm³/mol. The molecule has 2 heterocycles. The molecule has 0 radical (unpaired) electrons. The van der Waals surface area contributed by atoms with Crippen molar-refractivity contribution in [3.63, 3.8) is 0 Å². The van der Waals surface area contributed by atoms with Crippen LogP contribution >= 0.6 is 0 Å². The molecule has 0 atom stereocenters. The van der Waals surface area contributed by atoms with Gasteiger partial charge >= 0.3 is 0 Å². The summed E-state index contributed by atoms with van der Waals surface area (Å²) in [4.78, 5) is 29.3. The summed E-state index contributed by atoms with van der Waals surface area (Å²) in [6.07, 6.45) is 0. The van der Waals surface area contributed by atoms with Gasteiger partial charge in [-0.05, 0) is 30.3 Å². The Kier molecular flexibility index (Phi) is 3.50. The Morgan fingerprint density at radius 3 is 2.36 bits per heavy atom. The van der Waals surface area contributed by atoms with E-state index < -0.39 is 0 Å². The highest BCUT2D eigenvalue weighted by atomic mass is 16.1. The van der Waals surface area contributed by atoms with Crippen LogP contribution in [-0.4, -0.2) is 19.3 Å². The molecule has 0 bridgehead atoms. The molecule has 0 fully saturated rings. The van der Waals surface area contributed by atoms with Crippen LogP contribution < -0.4 is 11.1 Å². The molecule has 0 saturated heterocycles. The number of fused-ring (bicyclic) bond motifs is 1. The van der Waals surface area contributed by atoms with E-state index in [2.05, 4.69) is 10.1 Å². The highest BCUT2D eigenvalue weighted by Crippen LogP contribution is 2.15. The summed E-state index contributed by atoms with van der Waals surface area (Å²) < 4.78 is 2.81. The molecule has 6 heteroatoms. The predicted octanol–water partition coefficient (Wildman–Crippen LogP) is 2.15. The number of rotatable bonds is 2. The van der Waals surface area contributed by atoms with Gasteiger partial charge in [-0.1, -0.05) is 30.3 Å². The molecule has 0 aliphatic carbocycles. The van der Waals surface area contributed by atoms with Crippen molar-refractivity contribution in [2.45, 2.75) is 0 Å². The van der Waals surface area contributed by atoms with E-state index >= 15 is 0 Å². The normalized spacial score (nSPS) is 10.9. The maximum Gasteiger partial charge on any atom is 0.279 e. The van der Waals surface area contributed by atoms with Crippen LogP contribution in [0.2, 0.25) is 0 Å². The number of nitrogens with zero attached hydrogens (tertiary/aromatic N) is 4. The molecule has 4 rings (SSSR count). The topological polar surface area (TPSA) is 69.8 Å². The molecule has 2 aromatic carbocycles. The van der Waals surface area contributed by atoms with E-state index in [1.54, 1.807) is 19.2 Å². The largest absolute Gasteiger partial charge is 0.308 e. The maximum absolute atomic E-state index is 12.7. The van der Waals surface area contributed by atoms with Gasteiger partial charge < -0.3 is 4.57 Å². The van der Waals surface area contributed by atoms with E-state index in [0.29, 0.717) is 16.9 Å². The van der Waals surface area contributed by atoms with Crippen LogP contribution in [0.4, 0.5) is 0 Å². The highest BCUT2D eigenvalue weighted by Gasteiger charge is 2.13. The Balaban J connectivity index is 1.97. The molecule has 4 aromatic rings. The molecule has 122 valence electrons. The molecule has 0 aliphatic rings. The van der Waals surface area contributed by atoms with E-state index in [4.69, 9.17) is 0 Å². The van der Waals surface area contributed by atoms with Crippen LogP contribution in [0, 0.1) is 0 Å². The third kappa shape index (κ3) is 2.53. The minimum absolute atomic E-state index is 0.214. The van der Waals surface area contributed by atoms with Crippen LogP contribution in [0.3, 0.4) is 0 Å². The zero-order valence-corrected chi connectivity index (χ0v) is 13.5. The van der Waals surface area contributed by atoms with Crippen molar-refractivity contribution in [1.82, 2.24) is 19.3 Å². The van der Waals surface area contributed by atoms with Crippen molar-refractivity contribution in [1.29, 1.82) is 0 Å². The molecular formula is C19H14N4O2. The third-order valence-corrected chi connectivity index (χ3v) is 4.03. The van der Waals surface area contributed by atoms with Gasteiger partial charge in [0.2, 0.25) is 0 Å². The van der Waals surface area contributed by atoms with Crippen molar-refractivity contribution < 1.29 is 0 Å². The lowest BCUT2D eigenvalue weighted by Gasteiger charge is -2.09. The van der Waals surface area contributed by atoms with Crippen LogP contribution in [0.1, 0.15) is 0 Å². The first-order valence-electron chi connectivity index (χ1n) is 7.77. The lowest BCUT2D eigenvalue weighted by atomic mass is 10.2. The molecule has 0 spiro atoms. The highest BCUT2D eigenvalue weighted by molar-refractivity contribution is 5.77. The fourth-order valence-electron chi connectivity index (χ4n) is 2.74. The van der Waals surface area contributed by atoms with Gasteiger partial charge in [0.15, 0.2) is 5.69 Å². The fourth-order valence-corrected chi connectivity index (χ4v) is 2.74. The summed E-state index contributed by atoms with van der Waals surface area (Å²) in [6.45, 7) is 0. The second-order valence-electron chi connectivity index (χ2n) is 5.62. The number of para-hydroxylation sites is 3. The van der Waals surface area contributed by atoms with Gasteiger partial charge in [0.05, 0.1) is 16.7 Å². The third-order valence-electron chi connectivity index (χ3n) is 4.03. The number of hydrogen-bond acceptors (Lipinski definition) is 4. The second kappa shape index (κ2) is 5.83. The lowest BCUT2D eigenvalue weighted by Crippen LogP contribution is -2.24. The standard InChI is InChI=1S/C19H14N4O2/c1-22-16-10-6-5-9-14(16)20-18(19(22)25)15-11-12-17(24)23(21-15)13-7-3-2-4-8-13/h2-12H,1H3. The van der Waals surface area contributed by atoms with Crippen molar-refractivity contribution >= 4 is 11.0 Å². The van der Waals surface area contributed by atoms with Gasteiger partial charge in [-0.15, -0.1) is 0 Å². The molecule has 6 nitrogen and oxygen atoms in total. The Hall–Kier alpha value is -3.54. The molecular weight excluding hydrogens is 316 g/mol. The first-order valence-corrected chi connectivity index (χ1v) is 7.77. The summed E-state index contributed by atoms with van der Waals surface area (Å²) in [7, 11) is 1.70. The number of benzene rings is 2. The molecule has 2 aromatic heterocycles. The van der Waals surface area contributed by atoms with Crippen LogP contribution in [0.15, 0.2) is 76.3 Å². The molecule has 25 heavy (non-hydrogen) atoms. The number of aryl methyl sites for hydroxylation is 1. The average Bonchev–Trinajstić information content (AvgIpc) is 2.66. The van der Waals surface area contributed by atoms with Crippen molar-refractivity contribution in [2.75, 3.05) is 0 Å². The van der Waals surface area contributed by atoms with Crippen LogP contribution in [0.5, 0.6) is 0 Å². The van der Waals surface area contributed by atoms with E-state index in [1.165, 1.54) is 21.4 Å². The SMILES string of the molecule is Cn1c(=O)c(-c2ccc(=O)n(-c3ccccc3)n2)nc2ccccc21. The Morgan fingerprint density at radius 1 is 0.840 bits per heavy atom. The van der Waals surface area contributed by atoms with Crippen molar-refractivity contribution in [3.05, 3.63) is 87.4 Å². The summed E-state index contributed by atoms with van der Waals surface area (Å²) >= 11 is 0. The fraction of sp³-hybridized carbons (Fsp3) is 0.0526. The second-order valence-corrected chi connectivity index (χ2v) is 5.62. The van der Waals surface area contributed by atoms with E-state index in [-0.39, 0.29) is 16.8 Å². The van der Waals surface area contributed by atoms with Crippen LogP contribution in [0.25, 0.3) is 28.1 Å².